The van der Waals surface area contributed by atoms with Crippen molar-refractivity contribution in [2.75, 3.05) is 7.11 Å². The number of ether oxygens (including phenoxy) is 1. The minimum atomic E-state index is -0.663. The Hall–Kier alpha value is -1.73. The zero-order chi connectivity index (χ0) is 15.0. The molecule has 0 radical (unpaired) electrons. The molecule has 1 unspecified atom stereocenters. The summed E-state index contributed by atoms with van der Waals surface area (Å²) in [4.78, 5) is 12.6. The predicted molar refractivity (Wildman–Crippen MR) is 78.9 cm³/mol. The van der Waals surface area contributed by atoms with E-state index in [9.17, 15) is 9.90 Å². The zero-order valence-corrected chi connectivity index (χ0v) is 12.7. The number of hydrogen-bond donors (Lipinski definition) is 2. The van der Waals surface area contributed by atoms with Crippen molar-refractivity contribution in [3.8, 4) is 5.75 Å². The van der Waals surface area contributed by atoms with Crippen LogP contribution in [0.3, 0.4) is 0 Å². The number of aromatic amines is 1. The first-order valence-corrected chi connectivity index (χ1v) is 7.63. The molecular formula is C14H17N3O3S. The van der Waals surface area contributed by atoms with Crippen molar-refractivity contribution in [2.24, 2.45) is 0 Å². The fourth-order valence-electron chi connectivity index (χ4n) is 2.32. The first-order chi connectivity index (χ1) is 10.1. The molecule has 112 valence electrons. The fraction of sp³-hybridized carbons (Fsp3) is 0.429. The summed E-state index contributed by atoms with van der Waals surface area (Å²) in [7, 11) is 1.57. The Balaban J connectivity index is 2.00. The lowest BCUT2D eigenvalue weighted by atomic mass is 10.1. The molecule has 21 heavy (non-hydrogen) atoms. The normalized spacial score (nSPS) is 16.0. The van der Waals surface area contributed by atoms with Gasteiger partial charge in [-0.1, -0.05) is 6.07 Å². The van der Waals surface area contributed by atoms with Crippen LogP contribution in [0.5, 0.6) is 5.75 Å². The van der Waals surface area contributed by atoms with Gasteiger partial charge in [-0.15, -0.1) is 5.10 Å². The lowest BCUT2D eigenvalue weighted by Gasteiger charge is -2.15. The monoisotopic (exact) mass is 307 g/mol. The quantitative estimate of drug-likeness (QED) is 0.884. The summed E-state index contributed by atoms with van der Waals surface area (Å²) in [5.41, 5.74) is 0.532. The molecule has 3 rings (SSSR count). The smallest absolute Gasteiger partial charge is 0.344 e. The molecule has 0 bridgehead atoms. The van der Waals surface area contributed by atoms with Crippen LogP contribution >= 0.6 is 11.8 Å². The third-order valence-corrected chi connectivity index (χ3v) is 4.50. The average Bonchev–Trinajstić information content (AvgIpc) is 3.23. The van der Waals surface area contributed by atoms with E-state index < -0.39 is 6.10 Å². The van der Waals surface area contributed by atoms with Crippen LogP contribution in [0.1, 0.15) is 37.5 Å². The van der Waals surface area contributed by atoms with Gasteiger partial charge in [-0.25, -0.2) is 9.89 Å². The Kier molecular flexibility index (Phi) is 3.77. The van der Waals surface area contributed by atoms with Gasteiger partial charge in [0, 0.05) is 16.5 Å². The second kappa shape index (κ2) is 5.57. The van der Waals surface area contributed by atoms with E-state index in [0.717, 1.165) is 17.7 Å². The SMILES string of the molecule is COc1cccc(Sc2n[nH]c(=O)n2C2CC2)c1C(C)O. The number of hydrogen-bond acceptors (Lipinski definition) is 5. The van der Waals surface area contributed by atoms with Gasteiger partial charge in [0.1, 0.15) is 5.75 Å². The van der Waals surface area contributed by atoms with Crippen molar-refractivity contribution in [3.05, 3.63) is 34.2 Å². The second-order valence-corrected chi connectivity index (χ2v) is 6.07. The van der Waals surface area contributed by atoms with Crippen LogP contribution < -0.4 is 10.4 Å². The summed E-state index contributed by atoms with van der Waals surface area (Å²) >= 11 is 1.37. The van der Waals surface area contributed by atoms with E-state index in [1.807, 2.05) is 18.2 Å². The van der Waals surface area contributed by atoms with Crippen molar-refractivity contribution in [2.45, 2.75) is 42.0 Å². The molecule has 1 fully saturated rings. The van der Waals surface area contributed by atoms with E-state index in [1.54, 1.807) is 18.6 Å². The minimum Gasteiger partial charge on any atom is -0.496 e. The highest BCUT2D eigenvalue weighted by Gasteiger charge is 2.29. The minimum absolute atomic E-state index is 0.179. The molecule has 1 heterocycles. The number of nitrogens with zero attached hydrogens (tertiary/aromatic N) is 2. The number of aromatic nitrogens is 3. The molecular weight excluding hydrogens is 290 g/mol. The standard InChI is InChI=1S/C14H17N3O3S/c1-8(18)12-10(20-2)4-3-5-11(12)21-14-16-15-13(19)17(14)9-6-7-9/h3-5,8-9,18H,6-7H2,1-2H3,(H,15,19). The largest absolute Gasteiger partial charge is 0.496 e. The Morgan fingerprint density at radius 1 is 1.52 bits per heavy atom. The zero-order valence-electron chi connectivity index (χ0n) is 11.9. The van der Waals surface area contributed by atoms with E-state index in [-0.39, 0.29) is 11.7 Å². The summed E-state index contributed by atoms with van der Waals surface area (Å²) in [6.45, 7) is 1.69. The summed E-state index contributed by atoms with van der Waals surface area (Å²) in [5, 5.41) is 17.2. The second-order valence-electron chi connectivity index (χ2n) is 5.06. The molecule has 1 aliphatic carbocycles. The molecule has 1 saturated carbocycles. The number of aliphatic hydroxyl groups is 1. The van der Waals surface area contributed by atoms with E-state index in [0.29, 0.717) is 16.5 Å². The number of aliphatic hydroxyl groups excluding tert-OH is 1. The Bertz CT molecular complexity index is 704. The summed E-state index contributed by atoms with van der Waals surface area (Å²) < 4.78 is 7.00. The van der Waals surface area contributed by atoms with E-state index in [1.165, 1.54) is 11.8 Å². The van der Waals surface area contributed by atoms with Crippen LogP contribution in [0.15, 0.2) is 33.0 Å². The van der Waals surface area contributed by atoms with Crippen LogP contribution in [0.25, 0.3) is 0 Å². The van der Waals surface area contributed by atoms with E-state index in [2.05, 4.69) is 10.2 Å². The van der Waals surface area contributed by atoms with Gasteiger partial charge in [0.25, 0.3) is 0 Å². The van der Waals surface area contributed by atoms with Gasteiger partial charge in [0.2, 0.25) is 0 Å². The molecule has 0 amide bonds. The molecule has 1 aromatic carbocycles. The summed E-state index contributed by atoms with van der Waals surface area (Å²) in [6, 6.07) is 5.81. The summed E-state index contributed by atoms with van der Waals surface area (Å²) in [6.07, 6.45) is 1.35. The third-order valence-electron chi connectivity index (χ3n) is 3.45. The van der Waals surface area contributed by atoms with Gasteiger partial charge in [-0.05, 0) is 43.7 Å². The number of methoxy groups -OCH3 is 1. The van der Waals surface area contributed by atoms with Crippen molar-refractivity contribution in [1.29, 1.82) is 0 Å². The highest BCUT2D eigenvalue weighted by atomic mass is 32.2. The lowest BCUT2D eigenvalue weighted by molar-refractivity contribution is 0.191. The summed E-state index contributed by atoms with van der Waals surface area (Å²) in [5.74, 6) is 0.630. The predicted octanol–water partition coefficient (Wildman–Crippen LogP) is 2.12. The van der Waals surface area contributed by atoms with Crippen molar-refractivity contribution in [1.82, 2.24) is 14.8 Å². The Morgan fingerprint density at radius 3 is 2.90 bits per heavy atom. The highest BCUT2D eigenvalue weighted by molar-refractivity contribution is 7.99. The molecule has 6 nitrogen and oxygen atoms in total. The van der Waals surface area contributed by atoms with Gasteiger partial charge in [-0.3, -0.25) is 4.57 Å². The molecule has 0 saturated heterocycles. The van der Waals surface area contributed by atoms with Gasteiger partial charge >= 0.3 is 5.69 Å². The van der Waals surface area contributed by atoms with Gasteiger partial charge in [0.05, 0.1) is 13.2 Å². The Labute approximate surface area is 126 Å². The number of nitrogens with one attached hydrogen (secondary N) is 1. The first-order valence-electron chi connectivity index (χ1n) is 6.81. The average molecular weight is 307 g/mol. The number of benzene rings is 1. The molecule has 1 aliphatic rings. The van der Waals surface area contributed by atoms with Crippen LogP contribution in [0.2, 0.25) is 0 Å². The molecule has 1 atom stereocenters. The number of rotatable bonds is 5. The molecule has 2 aromatic rings. The highest BCUT2D eigenvalue weighted by Crippen LogP contribution is 2.41. The molecule has 1 aromatic heterocycles. The Morgan fingerprint density at radius 2 is 2.29 bits per heavy atom. The van der Waals surface area contributed by atoms with Crippen LogP contribution in [-0.4, -0.2) is 27.0 Å². The molecule has 0 spiro atoms. The third kappa shape index (κ3) is 2.71. The molecule has 2 N–H and O–H groups in total. The molecule has 7 heteroatoms. The lowest BCUT2D eigenvalue weighted by Crippen LogP contribution is -2.16. The maximum absolute atomic E-state index is 11.8. The molecule has 0 aliphatic heterocycles. The van der Waals surface area contributed by atoms with Crippen LogP contribution in [-0.2, 0) is 0 Å². The van der Waals surface area contributed by atoms with Gasteiger partial charge in [0.15, 0.2) is 5.16 Å². The van der Waals surface area contributed by atoms with Crippen LogP contribution in [0, 0.1) is 0 Å². The van der Waals surface area contributed by atoms with E-state index >= 15 is 0 Å². The van der Waals surface area contributed by atoms with Gasteiger partial charge in [-0.2, -0.15) is 0 Å². The first kappa shape index (κ1) is 14.2. The van der Waals surface area contributed by atoms with Crippen molar-refractivity contribution < 1.29 is 9.84 Å². The van der Waals surface area contributed by atoms with E-state index in [4.69, 9.17) is 4.74 Å². The maximum Gasteiger partial charge on any atom is 0.344 e. The maximum atomic E-state index is 11.8. The fourth-order valence-corrected chi connectivity index (χ4v) is 3.46. The van der Waals surface area contributed by atoms with Crippen molar-refractivity contribution in [3.63, 3.8) is 0 Å². The number of H-pyrrole nitrogens is 1. The van der Waals surface area contributed by atoms with Crippen molar-refractivity contribution >= 4 is 11.8 Å². The van der Waals surface area contributed by atoms with Gasteiger partial charge < -0.3 is 9.84 Å². The topological polar surface area (TPSA) is 80.1 Å². The van der Waals surface area contributed by atoms with Crippen LogP contribution in [0.4, 0.5) is 0 Å².